The van der Waals surface area contributed by atoms with E-state index in [2.05, 4.69) is 33.4 Å². The number of pyridine rings is 1. The minimum Gasteiger partial charge on any atom is -0.337 e. The van der Waals surface area contributed by atoms with E-state index in [-0.39, 0.29) is 12.6 Å². The molecule has 0 bridgehead atoms. The van der Waals surface area contributed by atoms with Crippen molar-refractivity contribution in [2.24, 2.45) is 0 Å². The van der Waals surface area contributed by atoms with Gasteiger partial charge in [0.1, 0.15) is 0 Å². The van der Waals surface area contributed by atoms with E-state index in [9.17, 15) is 4.79 Å². The first-order valence-corrected chi connectivity index (χ1v) is 9.85. The van der Waals surface area contributed by atoms with Gasteiger partial charge in [-0.05, 0) is 48.9 Å². The summed E-state index contributed by atoms with van der Waals surface area (Å²) >= 11 is 1.65. The van der Waals surface area contributed by atoms with Gasteiger partial charge in [-0.25, -0.2) is 4.79 Å². The van der Waals surface area contributed by atoms with Crippen LogP contribution in [0.15, 0.2) is 40.4 Å². The van der Waals surface area contributed by atoms with Crippen molar-refractivity contribution in [1.82, 2.24) is 25.3 Å². The van der Waals surface area contributed by atoms with Crippen LogP contribution < -0.4 is 5.32 Å². The summed E-state index contributed by atoms with van der Waals surface area (Å²) in [5, 5.41) is 8.91. The second-order valence-electron chi connectivity index (χ2n) is 6.68. The van der Waals surface area contributed by atoms with Crippen LogP contribution in [0.5, 0.6) is 0 Å². The number of carbonyl (C=O) groups is 1. The first kappa shape index (κ1) is 17.7. The van der Waals surface area contributed by atoms with E-state index in [1.165, 1.54) is 5.56 Å². The molecule has 3 aromatic rings. The summed E-state index contributed by atoms with van der Waals surface area (Å²) in [7, 11) is 0. The zero-order valence-corrected chi connectivity index (χ0v) is 15.9. The number of nitrogens with zero attached hydrogens (tertiary/aromatic N) is 4. The molecule has 0 atom stereocenters. The molecule has 2 amide bonds. The van der Waals surface area contributed by atoms with Crippen molar-refractivity contribution in [3.8, 4) is 0 Å². The third-order valence-corrected chi connectivity index (χ3v) is 5.49. The molecule has 0 spiro atoms. The molecule has 4 rings (SSSR count). The normalized spacial score (nSPS) is 13.5. The Labute approximate surface area is 161 Å². The number of hydrogen-bond acceptors (Lipinski definition) is 6. The lowest BCUT2D eigenvalue weighted by molar-refractivity contribution is 0.190. The average Bonchev–Trinajstić information content (AvgIpc) is 3.29. The van der Waals surface area contributed by atoms with E-state index in [4.69, 9.17) is 4.52 Å². The van der Waals surface area contributed by atoms with Gasteiger partial charge in [0.05, 0.1) is 25.3 Å². The number of aromatic nitrogens is 3. The summed E-state index contributed by atoms with van der Waals surface area (Å²) in [5.41, 5.74) is 2.03. The monoisotopic (exact) mass is 383 g/mol. The number of urea groups is 1. The number of nitrogens with one attached hydrogen (secondary N) is 1. The van der Waals surface area contributed by atoms with Gasteiger partial charge in [-0.3, -0.25) is 4.98 Å². The predicted molar refractivity (Wildman–Crippen MR) is 101 cm³/mol. The third-order valence-electron chi connectivity index (χ3n) is 4.49. The van der Waals surface area contributed by atoms with Gasteiger partial charge in [0, 0.05) is 17.0 Å². The molecule has 0 radical (unpaired) electrons. The second-order valence-corrected chi connectivity index (χ2v) is 7.68. The number of thiophene rings is 1. The minimum atomic E-state index is -0.181. The highest BCUT2D eigenvalue weighted by Gasteiger charge is 2.28. The van der Waals surface area contributed by atoms with Crippen molar-refractivity contribution in [1.29, 1.82) is 0 Å². The van der Waals surface area contributed by atoms with Gasteiger partial charge in [-0.15, -0.1) is 11.3 Å². The predicted octanol–water partition coefficient (Wildman–Crippen LogP) is 3.62. The van der Waals surface area contributed by atoms with Crippen LogP contribution in [0.4, 0.5) is 4.79 Å². The van der Waals surface area contributed by atoms with Crippen LogP contribution in [0.3, 0.4) is 0 Å². The highest BCUT2D eigenvalue weighted by Crippen LogP contribution is 2.38. The van der Waals surface area contributed by atoms with Crippen molar-refractivity contribution in [2.45, 2.75) is 45.3 Å². The smallest absolute Gasteiger partial charge is 0.318 e. The molecule has 8 heteroatoms. The maximum Gasteiger partial charge on any atom is 0.318 e. The molecule has 0 saturated heterocycles. The maximum atomic E-state index is 12.8. The SMILES string of the molecule is Cc1ccsc1CN(Cc1ccccn1)C(=O)NCc1nc(C2CC2)no1. The van der Waals surface area contributed by atoms with E-state index >= 15 is 0 Å². The van der Waals surface area contributed by atoms with Crippen LogP contribution >= 0.6 is 11.3 Å². The molecule has 3 heterocycles. The molecular weight excluding hydrogens is 362 g/mol. The number of aryl methyl sites for hydroxylation is 1. The number of rotatable bonds is 7. The highest BCUT2D eigenvalue weighted by atomic mass is 32.1. The summed E-state index contributed by atoms with van der Waals surface area (Å²) in [6.45, 7) is 3.24. The fourth-order valence-corrected chi connectivity index (χ4v) is 3.66. The van der Waals surface area contributed by atoms with Crippen LogP contribution in [0.25, 0.3) is 0 Å². The van der Waals surface area contributed by atoms with Crippen molar-refractivity contribution in [2.75, 3.05) is 0 Å². The fourth-order valence-electron chi connectivity index (χ4n) is 2.74. The van der Waals surface area contributed by atoms with Crippen molar-refractivity contribution < 1.29 is 9.32 Å². The Bertz CT molecular complexity index is 904. The molecule has 1 aliphatic carbocycles. The zero-order valence-electron chi connectivity index (χ0n) is 15.1. The fraction of sp³-hybridized carbons (Fsp3) is 0.368. The average molecular weight is 383 g/mol. The Morgan fingerprint density at radius 3 is 2.93 bits per heavy atom. The molecule has 0 unspecified atom stereocenters. The lowest BCUT2D eigenvalue weighted by atomic mass is 10.2. The summed E-state index contributed by atoms with van der Waals surface area (Å²) in [6.07, 6.45) is 3.96. The van der Waals surface area contributed by atoms with Gasteiger partial charge in [-0.1, -0.05) is 11.2 Å². The maximum absolute atomic E-state index is 12.8. The van der Waals surface area contributed by atoms with Crippen LogP contribution in [-0.4, -0.2) is 26.1 Å². The molecule has 3 aromatic heterocycles. The second kappa shape index (κ2) is 7.87. The van der Waals surface area contributed by atoms with Crippen LogP contribution in [-0.2, 0) is 19.6 Å². The van der Waals surface area contributed by atoms with Gasteiger partial charge in [0.25, 0.3) is 0 Å². The summed E-state index contributed by atoms with van der Waals surface area (Å²) in [4.78, 5) is 24.4. The summed E-state index contributed by atoms with van der Waals surface area (Å²) in [6, 6.07) is 7.59. The van der Waals surface area contributed by atoms with E-state index in [0.29, 0.717) is 24.9 Å². The van der Waals surface area contributed by atoms with Crippen molar-refractivity contribution >= 4 is 17.4 Å². The number of hydrogen-bond donors (Lipinski definition) is 1. The van der Waals surface area contributed by atoms with Gasteiger partial charge >= 0.3 is 6.03 Å². The van der Waals surface area contributed by atoms with Gasteiger partial charge in [0.2, 0.25) is 5.89 Å². The van der Waals surface area contributed by atoms with Crippen LogP contribution in [0.1, 0.15) is 46.6 Å². The highest BCUT2D eigenvalue weighted by molar-refractivity contribution is 7.10. The Morgan fingerprint density at radius 2 is 2.22 bits per heavy atom. The van der Waals surface area contributed by atoms with Gasteiger partial charge < -0.3 is 14.7 Å². The Balaban J connectivity index is 1.42. The quantitative estimate of drug-likeness (QED) is 0.673. The van der Waals surface area contributed by atoms with E-state index < -0.39 is 0 Å². The molecule has 27 heavy (non-hydrogen) atoms. The summed E-state index contributed by atoms with van der Waals surface area (Å²) in [5.74, 6) is 1.62. The first-order chi connectivity index (χ1) is 13.2. The summed E-state index contributed by atoms with van der Waals surface area (Å²) < 4.78 is 5.23. The molecule has 1 saturated carbocycles. The zero-order chi connectivity index (χ0) is 18.6. The van der Waals surface area contributed by atoms with Crippen molar-refractivity contribution in [3.63, 3.8) is 0 Å². The largest absolute Gasteiger partial charge is 0.337 e. The lowest BCUT2D eigenvalue weighted by Gasteiger charge is -2.22. The van der Waals surface area contributed by atoms with Crippen LogP contribution in [0.2, 0.25) is 0 Å². The minimum absolute atomic E-state index is 0.181. The molecule has 140 valence electrons. The van der Waals surface area contributed by atoms with Crippen LogP contribution in [0, 0.1) is 6.92 Å². The molecule has 0 aliphatic heterocycles. The molecule has 0 aromatic carbocycles. The first-order valence-electron chi connectivity index (χ1n) is 8.97. The van der Waals surface area contributed by atoms with Gasteiger partial charge in [0.15, 0.2) is 5.82 Å². The molecule has 1 N–H and O–H groups in total. The van der Waals surface area contributed by atoms with E-state index in [1.807, 2.05) is 23.6 Å². The molecule has 1 aliphatic rings. The Kier molecular flexibility index (Phi) is 5.15. The molecular formula is C19H21N5O2S. The third kappa shape index (κ3) is 4.51. The van der Waals surface area contributed by atoms with E-state index in [0.717, 1.165) is 29.2 Å². The molecule has 1 fully saturated rings. The Hall–Kier alpha value is -2.74. The topological polar surface area (TPSA) is 84.2 Å². The standard InChI is InChI=1S/C19H21N5O2S/c1-13-7-9-27-16(13)12-24(11-15-4-2-3-8-20-15)19(25)21-10-17-22-18(23-26-17)14-5-6-14/h2-4,7-9,14H,5-6,10-12H2,1H3,(H,21,25). The molecule has 7 nitrogen and oxygen atoms in total. The number of carbonyl (C=O) groups excluding carboxylic acids is 1. The lowest BCUT2D eigenvalue weighted by Crippen LogP contribution is -2.39. The van der Waals surface area contributed by atoms with Crippen molar-refractivity contribution in [3.05, 3.63) is 63.7 Å². The van der Waals surface area contributed by atoms with E-state index in [1.54, 1.807) is 22.4 Å². The van der Waals surface area contributed by atoms with Gasteiger partial charge in [-0.2, -0.15) is 4.98 Å². The Morgan fingerprint density at radius 1 is 1.33 bits per heavy atom. The number of amides is 2.